The highest BCUT2D eigenvalue weighted by Gasteiger charge is 2.23. The fourth-order valence-corrected chi connectivity index (χ4v) is 2.68. The molecule has 1 aromatic carbocycles. The summed E-state index contributed by atoms with van der Waals surface area (Å²) in [5.74, 6) is 0.703. The zero-order valence-electron chi connectivity index (χ0n) is 14.1. The summed E-state index contributed by atoms with van der Waals surface area (Å²) >= 11 is 0. The van der Waals surface area contributed by atoms with Gasteiger partial charge in [0.25, 0.3) is 0 Å². The highest BCUT2D eigenvalue weighted by molar-refractivity contribution is 5.68. The lowest BCUT2D eigenvalue weighted by Gasteiger charge is -2.33. The summed E-state index contributed by atoms with van der Waals surface area (Å²) in [5, 5.41) is 0. The number of nitrogens with zero attached hydrogens (tertiary/aromatic N) is 4. The summed E-state index contributed by atoms with van der Waals surface area (Å²) in [6, 6.07) is 8.31. The molecule has 1 amide bonds. The first-order valence-corrected chi connectivity index (χ1v) is 8.23. The Balaban J connectivity index is 1.62. The summed E-state index contributed by atoms with van der Waals surface area (Å²) in [7, 11) is 0. The van der Waals surface area contributed by atoms with E-state index >= 15 is 0 Å². The third kappa shape index (κ3) is 3.64. The number of benzene rings is 1. The molecule has 0 atom stereocenters. The number of hydrogen-bond acceptors (Lipinski definition) is 5. The first-order chi connectivity index (χ1) is 11.7. The number of amides is 1. The van der Waals surface area contributed by atoms with Gasteiger partial charge in [-0.15, -0.1) is 0 Å². The number of carbonyl (C=O) groups is 1. The van der Waals surface area contributed by atoms with Gasteiger partial charge in [0.1, 0.15) is 0 Å². The summed E-state index contributed by atoms with van der Waals surface area (Å²) < 4.78 is 5.03. The monoisotopic (exact) mass is 326 g/mol. The Morgan fingerprint density at radius 3 is 2.25 bits per heavy atom. The van der Waals surface area contributed by atoms with Crippen LogP contribution in [0.5, 0.6) is 0 Å². The number of ether oxygens (including phenoxy) is 1. The molecule has 1 aliphatic heterocycles. The van der Waals surface area contributed by atoms with Gasteiger partial charge in [0, 0.05) is 44.1 Å². The van der Waals surface area contributed by atoms with Gasteiger partial charge >= 0.3 is 6.09 Å². The van der Waals surface area contributed by atoms with Crippen molar-refractivity contribution in [1.82, 2.24) is 14.9 Å². The van der Waals surface area contributed by atoms with E-state index in [1.807, 2.05) is 19.3 Å². The van der Waals surface area contributed by atoms with E-state index in [-0.39, 0.29) is 6.09 Å². The minimum Gasteiger partial charge on any atom is -0.450 e. The second-order valence-corrected chi connectivity index (χ2v) is 5.81. The Labute approximate surface area is 142 Å². The number of aryl methyl sites for hydroxylation is 1. The second kappa shape index (κ2) is 7.29. The summed E-state index contributed by atoms with van der Waals surface area (Å²) in [6.07, 6.45) is 3.46. The predicted molar refractivity (Wildman–Crippen MR) is 93.0 cm³/mol. The van der Waals surface area contributed by atoms with Crippen LogP contribution in [-0.2, 0) is 4.74 Å². The summed E-state index contributed by atoms with van der Waals surface area (Å²) in [6.45, 7) is 6.97. The van der Waals surface area contributed by atoms with Crippen LogP contribution in [0.1, 0.15) is 12.5 Å². The maximum Gasteiger partial charge on any atom is 0.409 e. The topological polar surface area (TPSA) is 58.6 Å². The van der Waals surface area contributed by atoms with Crippen LogP contribution in [0.2, 0.25) is 0 Å². The second-order valence-electron chi connectivity index (χ2n) is 5.81. The number of aromatic nitrogens is 2. The Hall–Kier alpha value is -2.63. The van der Waals surface area contributed by atoms with E-state index in [1.165, 1.54) is 5.56 Å². The zero-order valence-corrected chi connectivity index (χ0v) is 14.1. The van der Waals surface area contributed by atoms with Crippen LogP contribution in [0.3, 0.4) is 0 Å². The van der Waals surface area contributed by atoms with Gasteiger partial charge in [0.2, 0.25) is 5.95 Å². The molecule has 1 aromatic heterocycles. The Morgan fingerprint density at radius 1 is 1.04 bits per heavy atom. The zero-order chi connectivity index (χ0) is 16.9. The molecule has 0 bridgehead atoms. The summed E-state index contributed by atoms with van der Waals surface area (Å²) in [5.41, 5.74) is 3.35. The number of anilines is 1. The predicted octanol–water partition coefficient (Wildman–Crippen LogP) is 2.73. The van der Waals surface area contributed by atoms with Gasteiger partial charge in [-0.3, -0.25) is 0 Å². The number of piperazine rings is 1. The smallest absolute Gasteiger partial charge is 0.409 e. The number of rotatable bonds is 3. The van der Waals surface area contributed by atoms with E-state index in [4.69, 9.17) is 4.74 Å². The molecule has 0 radical (unpaired) electrons. The van der Waals surface area contributed by atoms with Crippen LogP contribution in [0.4, 0.5) is 10.7 Å². The first-order valence-electron chi connectivity index (χ1n) is 8.23. The Kier molecular flexibility index (Phi) is 4.93. The summed E-state index contributed by atoms with van der Waals surface area (Å²) in [4.78, 5) is 24.5. The van der Waals surface area contributed by atoms with E-state index in [0.717, 1.165) is 11.1 Å². The molecule has 0 spiro atoms. The van der Waals surface area contributed by atoms with Crippen molar-refractivity contribution in [3.8, 4) is 11.1 Å². The molecule has 0 N–H and O–H groups in total. The molecule has 0 aliphatic carbocycles. The molecule has 1 aliphatic rings. The molecular weight excluding hydrogens is 304 g/mol. The molecule has 0 unspecified atom stereocenters. The SMILES string of the molecule is CCOC(=O)N1CCN(c2ncc(-c3ccc(C)cc3)cn2)CC1. The van der Waals surface area contributed by atoms with Crippen LogP contribution in [0, 0.1) is 6.92 Å². The van der Waals surface area contributed by atoms with Crippen LogP contribution in [0.15, 0.2) is 36.7 Å². The minimum atomic E-state index is -0.243. The van der Waals surface area contributed by atoms with E-state index in [9.17, 15) is 4.79 Å². The third-order valence-electron chi connectivity index (χ3n) is 4.11. The fraction of sp³-hybridized carbons (Fsp3) is 0.389. The van der Waals surface area contributed by atoms with Gasteiger partial charge in [0.05, 0.1) is 6.61 Å². The van der Waals surface area contributed by atoms with Crippen molar-refractivity contribution in [3.63, 3.8) is 0 Å². The normalized spacial score (nSPS) is 14.6. The van der Waals surface area contributed by atoms with Crippen LogP contribution in [0.25, 0.3) is 11.1 Å². The van der Waals surface area contributed by atoms with Crippen molar-refractivity contribution >= 4 is 12.0 Å². The minimum absolute atomic E-state index is 0.243. The molecule has 6 nitrogen and oxygen atoms in total. The van der Waals surface area contributed by atoms with Gasteiger partial charge in [-0.1, -0.05) is 29.8 Å². The molecule has 2 aromatic rings. The number of hydrogen-bond donors (Lipinski definition) is 0. The largest absolute Gasteiger partial charge is 0.450 e. The third-order valence-corrected chi connectivity index (χ3v) is 4.11. The quantitative estimate of drug-likeness (QED) is 0.868. The molecule has 126 valence electrons. The maximum absolute atomic E-state index is 11.7. The van der Waals surface area contributed by atoms with Gasteiger partial charge in [-0.05, 0) is 19.4 Å². The molecule has 3 rings (SSSR count). The molecule has 1 saturated heterocycles. The highest BCUT2D eigenvalue weighted by atomic mass is 16.6. The molecule has 2 heterocycles. The lowest BCUT2D eigenvalue weighted by Crippen LogP contribution is -2.49. The van der Waals surface area contributed by atoms with E-state index < -0.39 is 0 Å². The van der Waals surface area contributed by atoms with Crippen LogP contribution < -0.4 is 4.90 Å². The molecule has 6 heteroatoms. The van der Waals surface area contributed by atoms with Gasteiger partial charge in [0.15, 0.2) is 0 Å². The molecule has 1 fully saturated rings. The highest BCUT2D eigenvalue weighted by Crippen LogP contribution is 2.20. The van der Waals surface area contributed by atoms with Crippen molar-refractivity contribution < 1.29 is 9.53 Å². The van der Waals surface area contributed by atoms with E-state index in [2.05, 4.69) is 46.1 Å². The maximum atomic E-state index is 11.7. The standard InChI is InChI=1S/C18H22N4O2/c1-3-24-18(23)22-10-8-21(9-11-22)17-19-12-16(13-20-17)15-6-4-14(2)5-7-15/h4-7,12-13H,3,8-11H2,1-2H3. The number of carbonyl (C=O) groups excluding carboxylic acids is 1. The van der Waals surface area contributed by atoms with Crippen molar-refractivity contribution in [1.29, 1.82) is 0 Å². The van der Waals surface area contributed by atoms with Crippen molar-refractivity contribution in [2.24, 2.45) is 0 Å². The average molecular weight is 326 g/mol. The molecular formula is C18H22N4O2. The lowest BCUT2D eigenvalue weighted by molar-refractivity contribution is 0.105. The van der Waals surface area contributed by atoms with Crippen molar-refractivity contribution in [3.05, 3.63) is 42.2 Å². The molecule has 0 saturated carbocycles. The van der Waals surface area contributed by atoms with E-state index in [1.54, 1.807) is 4.90 Å². The van der Waals surface area contributed by atoms with Crippen LogP contribution in [-0.4, -0.2) is 53.7 Å². The fourth-order valence-electron chi connectivity index (χ4n) is 2.68. The Morgan fingerprint density at radius 2 is 1.67 bits per heavy atom. The Bertz CT molecular complexity index is 677. The van der Waals surface area contributed by atoms with Gasteiger partial charge in [-0.2, -0.15) is 0 Å². The molecule has 24 heavy (non-hydrogen) atoms. The first kappa shape index (κ1) is 16.2. The lowest BCUT2D eigenvalue weighted by atomic mass is 10.1. The van der Waals surface area contributed by atoms with Crippen molar-refractivity contribution in [2.45, 2.75) is 13.8 Å². The van der Waals surface area contributed by atoms with E-state index in [0.29, 0.717) is 38.7 Å². The van der Waals surface area contributed by atoms with Gasteiger partial charge < -0.3 is 14.5 Å². The van der Waals surface area contributed by atoms with Gasteiger partial charge in [-0.25, -0.2) is 14.8 Å². The van der Waals surface area contributed by atoms with Crippen molar-refractivity contribution in [2.75, 3.05) is 37.7 Å². The van der Waals surface area contributed by atoms with Crippen LogP contribution >= 0.6 is 0 Å². The average Bonchev–Trinajstić information content (AvgIpc) is 2.63.